The van der Waals surface area contributed by atoms with Crippen LogP contribution in [0.4, 0.5) is 11.5 Å². The lowest BCUT2D eigenvalue weighted by molar-refractivity contribution is 0.102. The van der Waals surface area contributed by atoms with Crippen LogP contribution in [0.5, 0.6) is 0 Å². The number of carbonyl (C=O) groups excluding carboxylic acids is 1. The molecule has 8 nitrogen and oxygen atoms in total. The Morgan fingerprint density at radius 3 is 2.91 bits per heavy atom. The SMILES string of the molecule is N[C@@H]1CCCN(C2c3c(NC(=O)c4cnn(Cc5ccc(Cl)cc5)c4)c[nH]c3NCC2Cl)C1. The summed E-state index contributed by atoms with van der Waals surface area (Å²) in [5, 5.41) is 11.3. The van der Waals surface area contributed by atoms with Gasteiger partial charge in [-0.1, -0.05) is 23.7 Å². The van der Waals surface area contributed by atoms with E-state index in [1.54, 1.807) is 17.1 Å². The van der Waals surface area contributed by atoms with Crippen LogP contribution in [0.15, 0.2) is 42.9 Å². The average molecular weight is 488 g/mol. The first-order chi connectivity index (χ1) is 16.0. The second kappa shape index (κ2) is 9.38. The summed E-state index contributed by atoms with van der Waals surface area (Å²) in [7, 11) is 0. The molecule has 0 bridgehead atoms. The summed E-state index contributed by atoms with van der Waals surface area (Å²) in [6, 6.07) is 7.68. The minimum absolute atomic E-state index is 0.0246. The summed E-state index contributed by atoms with van der Waals surface area (Å²) in [5.41, 5.74) is 9.49. The molecule has 3 atom stereocenters. The quantitative estimate of drug-likeness (QED) is 0.411. The number of amides is 1. The van der Waals surface area contributed by atoms with Crippen molar-refractivity contribution in [2.45, 2.75) is 36.8 Å². The van der Waals surface area contributed by atoms with Crippen molar-refractivity contribution in [3.8, 4) is 0 Å². The van der Waals surface area contributed by atoms with Gasteiger partial charge in [0.25, 0.3) is 5.91 Å². The van der Waals surface area contributed by atoms with Crippen molar-refractivity contribution in [3.05, 3.63) is 64.6 Å². The molecular formula is C23H27Cl2N7O. The molecule has 2 unspecified atom stereocenters. The summed E-state index contributed by atoms with van der Waals surface area (Å²) in [5.74, 6) is 0.676. The van der Waals surface area contributed by atoms with E-state index in [0.29, 0.717) is 23.7 Å². The van der Waals surface area contributed by atoms with Crippen molar-refractivity contribution in [2.24, 2.45) is 5.73 Å². The Hall–Kier alpha value is -2.52. The van der Waals surface area contributed by atoms with Crippen LogP contribution in [-0.4, -0.2) is 56.6 Å². The van der Waals surface area contributed by atoms with E-state index >= 15 is 0 Å². The molecule has 1 aromatic carbocycles. The number of nitrogens with two attached hydrogens (primary N) is 1. The van der Waals surface area contributed by atoms with Crippen molar-refractivity contribution < 1.29 is 4.79 Å². The third-order valence-corrected chi connectivity index (χ3v) is 6.96. The van der Waals surface area contributed by atoms with Crippen molar-refractivity contribution >= 4 is 40.6 Å². The molecule has 3 aromatic rings. The number of aromatic amines is 1. The van der Waals surface area contributed by atoms with E-state index in [1.807, 2.05) is 30.5 Å². The lowest BCUT2D eigenvalue weighted by Gasteiger charge is -2.41. The van der Waals surface area contributed by atoms with Crippen molar-refractivity contribution in [2.75, 3.05) is 30.3 Å². The van der Waals surface area contributed by atoms with Crippen LogP contribution in [0.2, 0.25) is 5.02 Å². The third kappa shape index (κ3) is 4.75. The summed E-state index contributed by atoms with van der Waals surface area (Å²) in [4.78, 5) is 18.6. The second-order valence-corrected chi connectivity index (χ2v) is 9.73. The fraction of sp³-hybridized carbons (Fsp3) is 0.391. The van der Waals surface area contributed by atoms with Gasteiger partial charge in [-0.05, 0) is 37.1 Å². The number of benzene rings is 1. The van der Waals surface area contributed by atoms with Crippen LogP contribution in [0.3, 0.4) is 0 Å². The van der Waals surface area contributed by atoms with Gasteiger partial charge >= 0.3 is 0 Å². The molecule has 174 valence electrons. The first-order valence-corrected chi connectivity index (χ1v) is 12.0. The first kappa shape index (κ1) is 22.3. The summed E-state index contributed by atoms with van der Waals surface area (Å²) in [6.45, 7) is 2.94. The summed E-state index contributed by atoms with van der Waals surface area (Å²) < 4.78 is 1.74. The van der Waals surface area contributed by atoms with Crippen LogP contribution < -0.4 is 16.4 Å². The van der Waals surface area contributed by atoms with Gasteiger partial charge in [-0.2, -0.15) is 5.10 Å². The number of alkyl halides is 1. The molecule has 1 saturated heterocycles. The van der Waals surface area contributed by atoms with Gasteiger partial charge in [0.15, 0.2) is 0 Å². The zero-order valence-corrected chi connectivity index (χ0v) is 19.6. The molecule has 10 heteroatoms. The second-order valence-electron chi connectivity index (χ2n) is 8.74. The van der Waals surface area contributed by atoms with Gasteiger partial charge in [0, 0.05) is 42.1 Å². The number of aromatic nitrogens is 3. The summed E-state index contributed by atoms with van der Waals surface area (Å²) in [6.07, 6.45) is 7.21. The molecule has 2 aromatic heterocycles. The fourth-order valence-electron chi connectivity index (χ4n) is 4.73. The Morgan fingerprint density at radius 2 is 2.12 bits per heavy atom. The number of hydrogen-bond acceptors (Lipinski definition) is 5. The Kier molecular flexibility index (Phi) is 6.34. The molecule has 0 saturated carbocycles. The number of H-pyrrole nitrogens is 1. The van der Waals surface area contributed by atoms with Gasteiger partial charge in [0.2, 0.25) is 0 Å². The smallest absolute Gasteiger partial charge is 0.258 e. The van der Waals surface area contributed by atoms with E-state index in [-0.39, 0.29) is 23.4 Å². The number of nitrogens with one attached hydrogen (secondary N) is 3. The molecular weight excluding hydrogens is 461 g/mol. The van der Waals surface area contributed by atoms with Gasteiger partial charge in [0.05, 0.1) is 35.4 Å². The maximum atomic E-state index is 13.0. The normalized spacial score (nSPS) is 23.1. The van der Waals surface area contributed by atoms with Crippen LogP contribution in [-0.2, 0) is 6.54 Å². The molecule has 1 amide bonds. The minimum atomic E-state index is -0.218. The molecule has 0 spiro atoms. The largest absolute Gasteiger partial charge is 0.370 e. The zero-order valence-electron chi connectivity index (χ0n) is 18.1. The van der Waals surface area contributed by atoms with Crippen LogP contribution >= 0.6 is 23.2 Å². The molecule has 0 radical (unpaired) electrons. The van der Waals surface area contributed by atoms with E-state index in [1.165, 1.54) is 0 Å². The highest BCUT2D eigenvalue weighted by atomic mass is 35.5. The van der Waals surface area contributed by atoms with Crippen molar-refractivity contribution in [1.82, 2.24) is 19.7 Å². The first-order valence-electron chi connectivity index (χ1n) is 11.1. The maximum absolute atomic E-state index is 13.0. The molecule has 5 N–H and O–H groups in total. The van der Waals surface area contributed by atoms with Gasteiger partial charge in [-0.15, -0.1) is 11.6 Å². The number of nitrogens with zero attached hydrogens (tertiary/aromatic N) is 3. The Bertz CT molecular complexity index is 1130. The van der Waals surface area contributed by atoms with Crippen molar-refractivity contribution in [3.63, 3.8) is 0 Å². The predicted octanol–water partition coefficient (Wildman–Crippen LogP) is 3.66. The molecule has 0 aliphatic carbocycles. The molecule has 2 aliphatic rings. The monoisotopic (exact) mass is 487 g/mol. The number of carbonyl (C=O) groups is 1. The number of anilines is 2. The van der Waals surface area contributed by atoms with Crippen molar-refractivity contribution in [1.29, 1.82) is 0 Å². The number of piperidine rings is 1. The van der Waals surface area contributed by atoms with E-state index < -0.39 is 0 Å². The third-order valence-electron chi connectivity index (χ3n) is 6.32. The van der Waals surface area contributed by atoms with E-state index in [2.05, 4.69) is 25.6 Å². The Morgan fingerprint density at radius 1 is 1.30 bits per heavy atom. The van der Waals surface area contributed by atoms with Gasteiger partial charge in [-0.3, -0.25) is 14.4 Å². The molecule has 4 heterocycles. The van der Waals surface area contributed by atoms with Crippen LogP contribution in [0, 0.1) is 0 Å². The predicted molar refractivity (Wildman–Crippen MR) is 131 cm³/mol. The number of halogens is 2. The molecule has 33 heavy (non-hydrogen) atoms. The van der Waals surface area contributed by atoms with Crippen LogP contribution in [0.25, 0.3) is 0 Å². The average Bonchev–Trinajstić information content (AvgIpc) is 3.43. The van der Waals surface area contributed by atoms with E-state index in [4.69, 9.17) is 28.9 Å². The highest BCUT2D eigenvalue weighted by molar-refractivity contribution is 6.30. The lowest BCUT2D eigenvalue weighted by atomic mass is 9.95. The molecule has 1 fully saturated rings. The Labute approximate surface area is 202 Å². The van der Waals surface area contributed by atoms with Gasteiger partial charge in [0.1, 0.15) is 5.82 Å². The number of hydrogen-bond donors (Lipinski definition) is 4. The number of rotatable bonds is 5. The van der Waals surface area contributed by atoms with Crippen LogP contribution in [0.1, 0.15) is 40.4 Å². The summed E-state index contributed by atoms with van der Waals surface area (Å²) >= 11 is 12.7. The number of likely N-dealkylation sites (tertiary alicyclic amines) is 1. The lowest BCUT2D eigenvalue weighted by Crippen LogP contribution is -2.49. The van der Waals surface area contributed by atoms with E-state index in [0.717, 1.165) is 48.6 Å². The highest BCUT2D eigenvalue weighted by Crippen LogP contribution is 2.42. The maximum Gasteiger partial charge on any atom is 0.258 e. The fourth-order valence-corrected chi connectivity index (χ4v) is 5.21. The minimum Gasteiger partial charge on any atom is -0.370 e. The standard InChI is InChI=1S/C23H27Cl2N7O/c24-16-5-3-14(4-6-16)11-32-12-15(8-29-32)23(33)30-19-10-28-22-20(19)21(18(25)9-27-22)31-7-1-2-17(26)13-31/h3-6,8,10,12,17-18,21,27-28H,1-2,7,9,11,13,26H2,(H,30,33)/t17-,18?,21?/m1/s1. The highest BCUT2D eigenvalue weighted by Gasteiger charge is 2.38. The van der Waals surface area contributed by atoms with Gasteiger partial charge < -0.3 is 21.4 Å². The van der Waals surface area contributed by atoms with Gasteiger partial charge in [-0.25, -0.2) is 0 Å². The zero-order chi connectivity index (χ0) is 22.9. The Balaban J connectivity index is 1.33. The number of fused-ring (bicyclic) bond motifs is 1. The molecule has 5 rings (SSSR count). The topological polar surface area (TPSA) is 104 Å². The van der Waals surface area contributed by atoms with E-state index in [9.17, 15) is 4.79 Å². The molecule has 2 aliphatic heterocycles.